The summed E-state index contributed by atoms with van der Waals surface area (Å²) in [6, 6.07) is 4.24. The molecule has 0 saturated heterocycles. The fraction of sp³-hybridized carbons (Fsp3) is 0.692. The highest BCUT2D eigenvalue weighted by Gasteiger charge is 2.36. The Balaban J connectivity index is 1.43. The lowest BCUT2D eigenvalue weighted by atomic mass is 9.63. The molecule has 5 unspecified atom stereocenters. The van der Waals surface area contributed by atoms with Crippen LogP contribution in [0.15, 0.2) is 24.5 Å². The molecule has 2 heteroatoms. The summed E-state index contributed by atoms with van der Waals surface area (Å²) in [4.78, 5) is 0. The first-order valence-electron chi connectivity index (χ1n) is 11.8. The molecule has 3 aliphatic carbocycles. The maximum absolute atomic E-state index is 15.0. The van der Waals surface area contributed by atoms with Gasteiger partial charge >= 0.3 is 0 Å². The summed E-state index contributed by atoms with van der Waals surface area (Å²) in [7, 11) is 0. The fourth-order valence-electron chi connectivity index (χ4n) is 6.40. The second kappa shape index (κ2) is 9.09. The molecule has 0 radical (unpaired) electrons. The fourth-order valence-corrected chi connectivity index (χ4v) is 6.40. The molecule has 0 spiro atoms. The Kier molecular flexibility index (Phi) is 6.53. The van der Waals surface area contributed by atoms with E-state index in [4.69, 9.17) is 0 Å². The molecule has 0 heterocycles. The maximum atomic E-state index is 15.0. The third-order valence-electron chi connectivity index (χ3n) is 8.06. The minimum atomic E-state index is 0.0626. The van der Waals surface area contributed by atoms with Crippen molar-refractivity contribution in [3.8, 4) is 0 Å². The number of hydrogen-bond acceptors (Lipinski definition) is 0. The van der Waals surface area contributed by atoms with Crippen LogP contribution in [0, 0.1) is 29.5 Å². The third kappa shape index (κ3) is 4.36. The van der Waals surface area contributed by atoms with Gasteiger partial charge in [0.15, 0.2) is 0 Å². The van der Waals surface area contributed by atoms with Crippen LogP contribution in [0.3, 0.4) is 0 Å². The largest absolute Gasteiger partial charge is 0.216 e. The van der Waals surface area contributed by atoms with E-state index < -0.39 is 0 Å². The van der Waals surface area contributed by atoms with E-state index >= 15 is 4.39 Å². The minimum absolute atomic E-state index is 0.0626. The van der Waals surface area contributed by atoms with Crippen LogP contribution >= 0.6 is 0 Å². The Morgan fingerprint density at radius 1 is 1.04 bits per heavy atom. The zero-order chi connectivity index (χ0) is 19.5. The molecular formula is C26H36F2. The number of hydrogen-bond donors (Lipinski definition) is 0. The summed E-state index contributed by atoms with van der Waals surface area (Å²) in [5, 5.41) is 0. The van der Waals surface area contributed by atoms with E-state index in [1.165, 1.54) is 62.5 Å². The minimum Gasteiger partial charge on any atom is -0.216 e. The molecule has 4 rings (SSSR count). The molecule has 2 fully saturated rings. The van der Waals surface area contributed by atoms with E-state index in [9.17, 15) is 4.39 Å². The van der Waals surface area contributed by atoms with Crippen LogP contribution in [0.5, 0.6) is 0 Å². The van der Waals surface area contributed by atoms with Crippen molar-refractivity contribution in [1.29, 1.82) is 0 Å². The highest BCUT2D eigenvalue weighted by molar-refractivity contribution is 5.37. The Morgan fingerprint density at radius 2 is 1.86 bits per heavy atom. The number of halogens is 2. The third-order valence-corrected chi connectivity index (χ3v) is 8.06. The molecule has 1 aromatic carbocycles. The molecule has 3 aliphatic rings. The van der Waals surface area contributed by atoms with Crippen molar-refractivity contribution in [2.75, 3.05) is 0 Å². The number of unbranched alkanes of at least 4 members (excludes halogenated alkanes) is 1. The van der Waals surface area contributed by atoms with Crippen LogP contribution < -0.4 is 0 Å². The van der Waals surface area contributed by atoms with E-state index in [1.807, 2.05) is 6.07 Å². The lowest BCUT2D eigenvalue weighted by Crippen LogP contribution is -2.30. The van der Waals surface area contributed by atoms with Gasteiger partial charge in [0.2, 0.25) is 0 Å². The molecule has 0 N–H and O–H groups in total. The van der Waals surface area contributed by atoms with Crippen molar-refractivity contribution in [3.63, 3.8) is 0 Å². The van der Waals surface area contributed by atoms with Gasteiger partial charge in [0.25, 0.3) is 0 Å². The average Bonchev–Trinajstić information content (AvgIpc) is 2.72. The van der Waals surface area contributed by atoms with Crippen LogP contribution in [0.25, 0.3) is 0 Å². The van der Waals surface area contributed by atoms with Crippen molar-refractivity contribution in [2.24, 2.45) is 23.7 Å². The first-order chi connectivity index (χ1) is 13.7. The predicted molar refractivity (Wildman–Crippen MR) is 113 cm³/mol. The van der Waals surface area contributed by atoms with Crippen LogP contribution in [-0.4, -0.2) is 0 Å². The quantitative estimate of drug-likeness (QED) is 0.482. The second-order valence-electron chi connectivity index (χ2n) is 9.81. The Bertz CT molecular complexity index is 692. The number of allylic oxidation sites excluding steroid dienone is 1. The SMILES string of the molecule is CCCCC1CCc2cc(C3CCC4CC(/C=C/F)CCC4C3)cc(F)c2C1. The number of fused-ring (bicyclic) bond motifs is 2. The van der Waals surface area contributed by atoms with E-state index in [0.717, 1.165) is 49.4 Å². The van der Waals surface area contributed by atoms with Crippen molar-refractivity contribution >= 4 is 0 Å². The van der Waals surface area contributed by atoms with Crippen LogP contribution in [0.1, 0.15) is 93.7 Å². The van der Waals surface area contributed by atoms with Crippen molar-refractivity contribution in [2.45, 2.75) is 89.9 Å². The maximum Gasteiger partial charge on any atom is 0.126 e. The molecule has 2 saturated carbocycles. The molecular weight excluding hydrogens is 350 g/mol. The lowest BCUT2D eigenvalue weighted by molar-refractivity contribution is 0.133. The molecule has 154 valence electrons. The Hall–Kier alpha value is -1.18. The highest BCUT2D eigenvalue weighted by atomic mass is 19.1. The molecule has 0 aliphatic heterocycles. The van der Waals surface area contributed by atoms with Gasteiger partial charge in [0.05, 0.1) is 6.33 Å². The summed E-state index contributed by atoms with van der Waals surface area (Å²) >= 11 is 0. The van der Waals surface area contributed by atoms with Gasteiger partial charge in [-0.25, -0.2) is 8.78 Å². The monoisotopic (exact) mass is 386 g/mol. The average molecular weight is 387 g/mol. The Labute approximate surface area is 169 Å². The molecule has 0 aromatic heterocycles. The molecule has 1 aromatic rings. The predicted octanol–water partition coefficient (Wildman–Crippen LogP) is 7.90. The van der Waals surface area contributed by atoms with Crippen LogP contribution in [0.2, 0.25) is 0 Å². The Morgan fingerprint density at radius 3 is 2.68 bits per heavy atom. The number of rotatable bonds is 5. The van der Waals surface area contributed by atoms with Gasteiger partial charge < -0.3 is 0 Å². The summed E-state index contributed by atoms with van der Waals surface area (Å²) in [5.41, 5.74) is 3.57. The van der Waals surface area contributed by atoms with Gasteiger partial charge in [0.1, 0.15) is 5.82 Å². The summed E-state index contributed by atoms with van der Waals surface area (Å²) in [6.45, 7) is 2.24. The molecule has 5 atom stereocenters. The van der Waals surface area contributed by atoms with E-state index in [0.29, 0.717) is 17.8 Å². The lowest BCUT2D eigenvalue weighted by Gasteiger charge is -2.42. The van der Waals surface area contributed by atoms with Gasteiger partial charge in [-0.05, 0) is 110 Å². The molecule has 0 amide bonds. The van der Waals surface area contributed by atoms with Gasteiger partial charge in [-0.15, -0.1) is 0 Å². The first-order valence-corrected chi connectivity index (χ1v) is 11.8. The summed E-state index contributed by atoms with van der Waals surface area (Å²) in [5.74, 6) is 3.19. The van der Waals surface area contributed by atoms with Crippen molar-refractivity contribution in [1.82, 2.24) is 0 Å². The zero-order valence-corrected chi connectivity index (χ0v) is 17.4. The topological polar surface area (TPSA) is 0 Å². The summed E-state index contributed by atoms with van der Waals surface area (Å²) < 4.78 is 27.5. The number of aryl methyl sites for hydroxylation is 1. The van der Waals surface area contributed by atoms with Gasteiger partial charge in [-0.3, -0.25) is 0 Å². The van der Waals surface area contributed by atoms with Crippen molar-refractivity contribution < 1.29 is 8.78 Å². The highest BCUT2D eigenvalue weighted by Crippen LogP contribution is 2.48. The molecule has 0 bridgehead atoms. The van der Waals surface area contributed by atoms with E-state index in [-0.39, 0.29) is 5.82 Å². The number of benzene rings is 1. The second-order valence-corrected chi connectivity index (χ2v) is 9.81. The van der Waals surface area contributed by atoms with Crippen molar-refractivity contribution in [3.05, 3.63) is 47.0 Å². The van der Waals surface area contributed by atoms with E-state index in [1.54, 1.807) is 6.08 Å². The van der Waals surface area contributed by atoms with Gasteiger partial charge in [-0.2, -0.15) is 0 Å². The molecule has 0 nitrogen and oxygen atoms in total. The molecule has 28 heavy (non-hydrogen) atoms. The van der Waals surface area contributed by atoms with Gasteiger partial charge in [-0.1, -0.05) is 38.3 Å². The standard InChI is InChI=1S/C26H36F2/c1-2-3-4-18-6-8-23-16-24(17-26(28)25(23)14-18)22-10-9-20-13-19(11-12-27)5-7-21(20)15-22/h11-12,16-22H,2-10,13-15H2,1H3/b12-11+. The zero-order valence-electron chi connectivity index (χ0n) is 17.4. The van der Waals surface area contributed by atoms with E-state index in [2.05, 4.69) is 13.0 Å². The normalized spacial score (nSPS) is 32.9. The van der Waals surface area contributed by atoms with Crippen LogP contribution in [0.4, 0.5) is 8.78 Å². The first kappa shape index (κ1) is 20.1. The van der Waals surface area contributed by atoms with Gasteiger partial charge in [0, 0.05) is 0 Å². The summed E-state index contributed by atoms with van der Waals surface area (Å²) in [6.07, 6.45) is 16.6. The smallest absolute Gasteiger partial charge is 0.126 e. The van der Waals surface area contributed by atoms with Crippen LogP contribution in [-0.2, 0) is 12.8 Å².